The van der Waals surface area contributed by atoms with Gasteiger partial charge in [-0.05, 0) is 42.8 Å². The monoisotopic (exact) mass is 436 g/mol. The van der Waals surface area contributed by atoms with Crippen LogP contribution in [0, 0.1) is 25.2 Å². The van der Waals surface area contributed by atoms with Gasteiger partial charge in [0.05, 0.1) is 0 Å². The third-order valence-electron chi connectivity index (χ3n) is 6.14. The molecule has 2 aliphatic carbocycles. The number of hydrogen-bond acceptors (Lipinski definition) is 1. The molecule has 3 rings (SSSR count). The Morgan fingerprint density at radius 3 is 2.36 bits per heavy atom. The van der Waals surface area contributed by atoms with Crippen molar-refractivity contribution in [2.24, 2.45) is 17.8 Å². The van der Waals surface area contributed by atoms with Crippen LogP contribution in [0.4, 0.5) is 0 Å². The van der Waals surface area contributed by atoms with Gasteiger partial charge in [-0.3, -0.25) is 0 Å². The van der Waals surface area contributed by atoms with Crippen LogP contribution >= 0.6 is 18.6 Å². The molecule has 2 nitrogen and oxygen atoms in total. The van der Waals surface area contributed by atoms with E-state index in [2.05, 4.69) is 54.2 Å². The first-order valence-electron chi connectivity index (χ1n) is 9.25. The van der Waals surface area contributed by atoms with E-state index in [1.54, 1.807) is 0 Å². The normalized spacial score (nSPS) is 31.6. The van der Waals surface area contributed by atoms with Crippen molar-refractivity contribution in [1.82, 2.24) is 4.57 Å². The molecule has 0 aromatic rings. The maximum absolute atomic E-state index is 4.89. The van der Waals surface area contributed by atoms with Gasteiger partial charge in [0, 0.05) is 0 Å². The zero-order chi connectivity index (χ0) is 17.6. The summed E-state index contributed by atoms with van der Waals surface area (Å²) in [7, 11) is 8.39. The molecule has 3 aliphatic rings. The molecule has 144 valence electrons. The fraction of sp³-hybridized carbons (Fsp3) is 0.737. The Morgan fingerprint density at radius 1 is 1.16 bits per heavy atom. The fourth-order valence-corrected chi connectivity index (χ4v) is 9.74. The van der Waals surface area contributed by atoms with Gasteiger partial charge in [-0.2, -0.15) is 0 Å². The molecular formula is C19H34Cl2N2SiTi-2. The topological polar surface area (TPSA) is 17.3 Å². The molecule has 6 heteroatoms. The van der Waals surface area contributed by atoms with E-state index in [0.29, 0.717) is 0 Å². The third-order valence-corrected chi connectivity index (χ3v) is 10.7. The van der Waals surface area contributed by atoms with E-state index in [1.165, 1.54) is 32.4 Å². The first-order valence-corrected chi connectivity index (χ1v) is 16.6. The second-order valence-electron chi connectivity index (χ2n) is 7.70. The Hall–Kier alpha value is 0.911. The molecule has 4 unspecified atom stereocenters. The molecule has 0 amide bonds. The predicted octanol–water partition coefficient (Wildman–Crippen LogP) is 6.26. The van der Waals surface area contributed by atoms with Crippen LogP contribution in [0.15, 0.2) is 24.3 Å². The molecule has 0 radical (unpaired) electrons. The van der Waals surface area contributed by atoms with E-state index >= 15 is 0 Å². The predicted molar refractivity (Wildman–Crippen MR) is 112 cm³/mol. The quantitative estimate of drug-likeness (QED) is 0.375. The zero-order valence-corrected chi connectivity index (χ0v) is 20.3. The van der Waals surface area contributed by atoms with Crippen LogP contribution in [0.3, 0.4) is 0 Å². The maximum atomic E-state index is 4.89. The van der Waals surface area contributed by atoms with Crippen LogP contribution in [0.5, 0.6) is 0 Å². The second-order valence-corrected chi connectivity index (χ2v) is 14.9. The number of hydrogen-bond donors (Lipinski definition) is 0. The molecule has 4 atom stereocenters. The first-order chi connectivity index (χ1) is 11.6. The fourth-order valence-electron chi connectivity index (χ4n) is 5.21. The standard InChI is InChI=1S/C18H31N2Si.CH3.2ClH.Ti/c1-4-7-16-14-15-8-5-6-9-17(15)18(16)21(2,3)20-12-10-19-11-13-20;;;;/h5-6,8-9,15-18H,4,7,10-14H2,1-3H3;1H3;2*1H;/q2*-1;;;+2/p-2. The molecule has 2 fully saturated rings. The van der Waals surface area contributed by atoms with Crippen LogP contribution < -0.4 is 0 Å². The molecule has 1 aliphatic heterocycles. The number of piperazine rings is 1. The van der Waals surface area contributed by atoms with E-state index in [1.807, 2.05) is 0 Å². The number of fused-ring (bicyclic) bond motifs is 1. The van der Waals surface area contributed by atoms with Gasteiger partial charge in [-0.15, -0.1) is 13.1 Å². The summed E-state index contributed by atoms with van der Waals surface area (Å²) in [5, 5.41) is 4.56. The molecule has 25 heavy (non-hydrogen) atoms. The van der Waals surface area contributed by atoms with Gasteiger partial charge in [-0.1, -0.05) is 57.2 Å². The Labute approximate surface area is 173 Å². The summed E-state index contributed by atoms with van der Waals surface area (Å²) in [6.07, 6.45) is 13.8. The molecule has 1 heterocycles. The van der Waals surface area contributed by atoms with Crippen LogP contribution in [0.1, 0.15) is 26.2 Å². The van der Waals surface area contributed by atoms with E-state index in [0.717, 1.165) is 36.4 Å². The van der Waals surface area contributed by atoms with Gasteiger partial charge >= 0.3 is 35.6 Å². The van der Waals surface area contributed by atoms with Gasteiger partial charge in [0.15, 0.2) is 0 Å². The van der Waals surface area contributed by atoms with Crippen molar-refractivity contribution in [1.29, 1.82) is 0 Å². The third kappa shape index (κ3) is 5.94. The average molecular weight is 437 g/mol. The summed E-state index contributed by atoms with van der Waals surface area (Å²) in [6.45, 7) is 12.2. The number of allylic oxidation sites excluding steroid dienone is 4. The molecule has 0 aromatic carbocycles. The van der Waals surface area contributed by atoms with E-state index in [4.69, 9.17) is 18.6 Å². The Bertz CT molecular complexity index is 439. The molecular weight excluding hydrogens is 403 g/mol. The molecule has 1 saturated carbocycles. The van der Waals surface area contributed by atoms with Crippen LogP contribution in [0.2, 0.25) is 18.6 Å². The summed E-state index contributed by atoms with van der Waals surface area (Å²) in [5.74, 6) is 2.57. The van der Waals surface area contributed by atoms with Gasteiger partial charge in [0.2, 0.25) is 0 Å². The number of rotatable bonds is 4. The Kier molecular flexibility index (Phi) is 11.2. The van der Waals surface area contributed by atoms with Crippen molar-refractivity contribution in [2.75, 3.05) is 26.2 Å². The molecule has 0 aromatic heterocycles. The van der Waals surface area contributed by atoms with Gasteiger partial charge in [-0.25, -0.2) is 0 Å². The van der Waals surface area contributed by atoms with Gasteiger partial charge in [0.25, 0.3) is 0 Å². The van der Waals surface area contributed by atoms with Crippen molar-refractivity contribution < 1.29 is 17.0 Å². The minimum absolute atomic E-state index is 0. The second kappa shape index (κ2) is 11.7. The van der Waals surface area contributed by atoms with Crippen LogP contribution in [-0.2, 0) is 17.0 Å². The van der Waals surface area contributed by atoms with E-state index in [-0.39, 0.29) is 7.43 Å². The molecule has 0 bridgehead atoms. The first kappa shape index (κ1) is 23.9. The van der Waals surface area contributed by atoms with Gasteiger partial charge in [0.1, 0.15) is 8.24 Å². The van der Waals surface area contributed by atoms with E-state index < -0.39 is 25.3 Å². The summed E-state index contributed by atoms with van der Waals surface area (Å²) >= 11 is -0.556. The van der Waals surface area contributed by atoms with Crippen molar-refractivity contribution in [2.45, 2.75) is 44.8 Å². The van der Waals surface area contributed by atoms with Crippen molar-refractivity contribution >= 4 is 26.8 Å². The number of nitrogens with zero attached hydrogens (tertiary/aromatic N) is 2. The van der Waals surface area contributed by atoms with Crippen LogP contribution in [-0.4, -0.2) is 39.0 Å². The summed E-state index contributed by atoms with van der Waals surface area (Å²) < 4.78 is 2.86. The van der Waals surface area contributed by atoms with Crippen LogP contribution in [0.25, 0.3) is 5.32 Å². The Balaban J connectivity index is 0.000000730. The van der Waals surface area contributed by atoms with Crippen molar-refractivity contribution in [3.8, 4) is 0 Å². The molecule has 0 N–H and O–H groups in total. The summed E-state index contributed by atoms with van der Waals surface area (Å²) in [6, 6.07) is 0. The van der Waals surface area contributed by atoms with Crippen molar-refractivity contribution in [3.05, 3.63) is 37.0 Å². The van der Waals surface area contributed by atoms with Crippen molar-refractivity contribution in [3.63, 3.8) is 0 Å². The molecule has 1 saturated heterocycles. The summed E-state index contributed by atoms with van der Waals surface area (Å²) in [4.78, 5) is 0. The number of halogens is 2. The average Bonchev–Trinajstić information content (AvgIpc) is 2.95. The SMILES string of the molecule is CCCC1CC2C=CC=CC2C1[Si](C)(C)N1CC[N-]CC1.[CH3-].[Cl][Ti][Cl]. The Morgan fingerprint density at radius 2 is 1.76 bits per heavy atom. The molecule has 0 spiro atoms. The zero-order valence-electron chi connectivity index (χ0n) is 16.2. The van der Waals surface area contributed by atoms with E-state index in [9.17, 15) is 0 Å². The van der Waals surface area contributed by atoms with Gasteiger partial charge < -0.3 is 17.3 Å². The summed E-state index contributed by atoms with van der Waals surface area (Å²) in [5.41, 5.74) is 0.932. The minimum atomic E-state index is -1.39.